The van der Waals surface area contributed by atoms with Crippen molar-refractivity contribution in [1.29, 1.82) is 0 Å². The van der Waals surface area contributed by atoms with Gasteiger partial charge in [-0.3, -0.25) is 0 Å². The third kappa shape index (κ3) is 3.00. The van der Waals surface area contributed by atoms with Gasteiger partial charge in [0.2, 0.25) is 0 Å². The Hall–Kier alpha value is -1.13. The first-order valence-electron chi connectivity index (χ1n) is 6.48. The van der Waals surface area contributed by atoms with Crippen LogP contribution in [-0.4, -0.2) is 22.9 Å². The van der Waals surface area contributed by atoms with Gasteiger partial charge < -0.3 is 15.5 Å². The van der Waals surface area contributed by atoms with Gasteiger partial charge in [0, 0.05) is 24.2 Å². The molecule has 100 valence electrons. The zero-order chi connectivity index (χ0) is 13.1. The molecule has 3 unspecified atom stereocenters. The van der Waals surface area contributed by atoms with Gasteiger partial charge in [0.15, 0.2) is 0 Å². The van der Waals surface area contributed by atoms with E-state index in [9.17, 15) is 9.50 Å². The molecule has 1 saturated carbocycles. The lowest BCUT2D eigenvalue weighted by Gasteiger charge is -2.20. The molecule has 0 saturated heterocycles. The minimum absolute atomic E-state index is 0.0605. The number of benzene rings is 1. The highest BCUT2D eigenvalue weighted by Crippen LogP contribution is 2.26. The van der Waals surface area contributed by atoms with Crippen LogP contribution < -0.4 is 5.32 Å². The Kier molecular flexibility index (Phi) is 4.19. The quantitative estimate of drug-likeness (QED) is 0.772. The Morgan fingerprint density at radius 2 is 2.22 bits per heavy atom. The summed E-state index contributed by atoms with van der Waals surface area (Å²) in [7, 11) is 0. The second-order valence-electron chi connectivity index (χ2n) is 5.09. The number of phenols is 1. The molecule has 3 N–H and O–H groups in total. The van der Waals surface area contributed by atoms with Gasteiger partial charge in [0.1, 0.15) is 11.6 Å². The number of halogens is 1. The monoisotopic (exact) mass is 253 g/mol. The summed E-state index contributed by atoms with van der Waals surface area (Å²) in [6.07, 6.45) is 2.73. The SMILES string of the molecule is CC(NCC1CCCC1O)c1ccc(O)cc1F. The average Bonchev–Trinajstić information content (AvgIpc) is 2.72. The fraction of sp³-hybridized carbons (Fsp3) is 0.571. The van der Waals surface area contributed by atoms with Crippen molar-refractivity contribution in [1.82, 2.24) is 5.32 Å². The summed E-state index contributed by atoms with van der Waals surface area (Å²) in [5.41, 5.74) is 0.542. The van der Waals surface area contributed by atoms with Crippen molar-refractivity contribution < 1.29 is 14.6 Å². The second kappa shape index (κ2) is 5.67. The van der Waals surface area contributed by atoms with E-state index in [0.717, 1.165) is 25.3 Å². The molecule has 1 aliphatic carbocycles. The van der Waals surface area contributed by atoms with E-state index in [1.807, 2.05) is 6.92 Å². The summed E-state index contributed by atoms with van der Waals surface area (Å²) in [4.78, 5) is 0. The second-order valence-corrected chi connectivity index (χ2v) is 5.09. The first-order valence-corrected chi connectivity index (χ1v) is 6.48. The van der Waals surface area contributed by atoms with E-state index in [-0.39, 0.29) is 23.8 Å². The van der Waals surface area contributed by atoms with Crippen molar-refractivity contribution in [3.63, 3.8) is 0 Å². The molecule has 1 fully saturated rings. The van der Waals surface area contributed by atoms with E-state index in [0.29, 0.717) is 12.1 Å². The highest BCUT2D eigenvalue weighted by molar-refractivity contribution is 5.29. The number of phenolic OH excluding ortho intramolecular Hbond substituents is 1. The zero-order valence-electron chi connectivity index (χ0n) is 10.6. The summed E-state index contributed by atoms with van der Waals surface area (Å²) in [5.74, 6) is -0.190. The molecule has 0 amide bonds. The lowest BCUT2D eigenvalue weighted by molar-refractivity contribution is 0.130. The minimum atomic E-state index is -0.401. The Balaban J connectivity index is 1.93. The fourth-order valence-electron chi connectivity index (χ4n) is 2.56. The smallest absolute Gasteiger partial charge is 0.131 e. The predicted octanol–water partition coefficient (Wildman–Crippen LogP) is 2.34. The van der Waals surface area contributed by atoms with Crippen LogP contribution >= 0.6 is 0 Å². The molecule has 18 heavy (non-hydrogen) atoms. The molecule has 4 heteroatoms. The van der Waals surface area contributed by atoms with Crippen molar-refractivity contribution in [2.24, 2.45) is 5.92 Å². The van der Waals surface area contributed by atoms with Crippen LogP contribution in [0, 0.1) is 11.7 Å². The number of aromatic hydroxyl groups is 1. The standard InChI is InChI=1S/C14H20FNO2/c1-9(12-6-5-11(17)7-13(12)15)16-8-10-3-2-4-14(10)18/h5-7,9-10,14,16-18H,2-4,8H2,1H3. The van der Waals surface area contributed by atoms with Crippen LogP contribution in [0.25, 0.3) is 0 Å². The summed E-state index contributed by atoms with van der Waals surface area (Å²) >= 11 is 0. The van der Waals surface area contributed by atoms with Gasteiger partial charge in [-0.05, 0) is 31.7 Å². The van der Waals surface area contributed by atoms with Crippen molar-refractivity contribution in [3.8, 4) is 5.75 Å². The molecule has 1 aliphatic rings. The lowest BCUT2D eigenvalue weighted by atomic mass is 10.0. The minimum Gasteiger partial charge on any atom is -0.508 e. The lowest BCUT2D eigenvalue weighted by Crippen LogP contribution is -2.30. The van der Waals surface area contributed by atoms with Crippen molar-refractivity contribution in [2.75, 3.05) is 6.54 Å². The first-order chi connectivity index (χ1) is 8.58. The Morgan fingerprint density at radius 3 is 2.83 bits per heavy atom. The van der Waals surface area contributed by atoms with Gasteiger partial charge in [0.25, 0.3) is 0 Å². The van der Waals surface area contributed by atoms with Crippen molar-refractivity contribution >= 4 is 0 Å². The Morgan fingerprint density at radius 1 is 1.44 bits per heavy atom. The fourth-order valence-corrected chi connectivity index (χ4v) is 2.56. The Bertz CT molecular complexity index is 411. The van der Waals surface area contributed by atoms with Crippen LogP contribution in [0.4, 0.5) is 4.39 Å². The van der Waals surface area contributed by atoms with E-state index in [1.165, 1.54) is 6.07 Å². The van der Waals surface area contributed by atoms with Gasteiger partial charge in [-0.15, -0.1) is 0 Å². The number of aliphatic hydroxyl groups is 1. The van der Waals surface area contributed by atoms with Gasteiger partial charge in [-0.1, -0.05) is 12.5 Å². The number of aliphatic hydroxyl groups excluding tert-OH is 1. The van der Waals surface area contributed by atoms with Gasteiger partial charge >= 0.3 is 0 Å². The number of rotatable bonds is 4. The number of hydrogen-bond donors (Lipinski definition) is 3. The molecule has 3 atom stereocenters. The third-order valence-electron chi connectivity index (χ3n) is 3.76. The first kappa shape index (κ1) is 13.3. The number of hydrogen-bond acceptors (Lipinski definition) is 3. The zero-order valence-corrected chi connectivity index (χ0v) is 10.6. The average molecular weight is 253 g/mol. The summed E-state index contributed by atoms with van der Waals surface area (Å²) in [6.45, 7) is 2.58. The van der Waals surface area contributed by atoms with E-state index in [4.69, 9.17) is 5.11 Å². The predicted molar refractivity (Wildman–Crippen MR) is 67.8 cm³/mol. The summed E-state index contributed by atoms with van der Waals surface area (Å²) < 4.78 is 13.6. The van der Waals surface area contributed by atoms with Crippen molar-refractivity contribution in [3.05, 3.63) is 29.6 Å². The highest BCUT2D eigenvalue weighted by atomic mass is 19.1. The Labute approximate surface area is 107 Å². The summed E-state index contributed by atoms with van der Waals surface area (Å²) in [5, 5.41) is 22.1. The number of nitrogens with one attached hydrogen (secondary N) is 1. The summed E-state index contributed by atoms with van der Waals surface area (Å²) in [6, 6.07) is 4.07. The maximum atomic E-state index is 13.6. The van der Waals surface area contributed by atoms with Crippen LogP contribution in [0.15, 0.2) is 18.2 Å². The maximum Gasteiger partial charge on any atom is 0.131 e. The van der Waals surface area contributed by atoms with E-state index in [1.54, 1.807) is 6.07 Å². The topological polar surface area (TPSA) is 52.5 Å². The molecule has 0 spiro atoms. The van der Waals surface area contributed by atoms with Crippen LogP contribution in [0.3, 0.4) is 0 Å². The molecule has 1 aromatic rings. The molecule has 1 aromatic carbocycles. The molecule has 3 nitrogen and oxygen atoms in total. The molecule has 0 aromatic heterocycles. The van der Waals surface area contributed by atoms with E-state index < -0.39 is 5.82 Å². The normalized spacial score (nSPS) is 25.3. The van der Waals surface area contributed by atoms with Gasteiger partial charge in [-0.2, -0.15) is 0 Å². The van der Waals surface area contributed by atoms with Crippen LogP contribution in [0.1, 0.15) is 37.8 Å². The van der Waals surface area contributed by atoms with Crippen LogP contribution in [0.2, 0.25) is 0 Å². The molecular formula is C14H20FNO2. The molecule has 0 heterocycles. The van der Waals surface area contributed by atoms with Crippen molar-refractivity contribution in [2.45, 2.75) is 38.3 Å². The van der Waals surface area contributed by atoms with E-state index >= 15 is 0 Å². The maximum absolute atomic E-state index is 13.6. The molecule has 0 radical (unpaired) electrons. The van der Waals surface area contributed by atoms with Crippen LogP contribution in [0.5, 0.6) is 5.75 Å². The van der Waals surface area contributed by atoms with Gasteiger partial charge in [-0.25, -0.2) is 4.39 Å². The molecule has 0 aliphatic heterocycles. The van der Waals surface area contributed by atoms with Gasteiger partial charge in [0.05, 0.1) is 6.10 Å². The molecule has 0 bridgehead atoms. The van der Waals surface area contributed by atoms with Crippen LogP contribution in [-0.2, 0) is 0 Å². The molecular weight excluding hydrogens is 233 g/mol. The molecule has 2 rings (SSSR count). The van der Waals surface area contributed by atoms with E-state index in [2.05, 4.69) is 5.32 Å². The highest BCUT2D eigenvalue weighted by Gasteiger charge is 2.25. The largest absolute Gasteiger partial charge is 0.508 e. The third-order valence-corrected chi connectivity index (χ3v) is 3.76.